The Morgan fingerprint density at radius 1 is 1.08 bits per heavy atom. The molecule has 0 radical (unpaired) electrons. The van der Waals surface area contributed by atoms with Crippen LogP contribution in [0.25, 0.3) is 0 Å². The van der Waals surface area contributed by atoms with Crippen molar-refractivity contribution in [2.24, 2.45) is 0 Å². The number of carbonyl (C=O) groups excluding carboxylic acids is 2. The molecule has 2 aromatic rings. The first-order valence-corrected chi connectivity index (χ1v) is 14.8. The maximum atomic E-state index is 13.3. The van der Waals surface area contributed by atoms with E-state index in [0.717, 1.165) is 20.6 Å². The van der Waals surface area contributed by atoms with Gasteiger partial charge in [0.1, 0.15) is 6.04 Å². The van der Waals surface area contributed by atoms with Gasteiger partial charge in [-0.05, 0) is 70.0 Å². The van der Waals surface area contributed by atoms with E-state index in [-0.39, 0.29) is 48.5 Å². The molecule has 0 aliphatic rings. The largest absolute Gasteiger partial charge is 0.350 e. The molecule has 198 valence electrons. The summed E-state index contributed by atoms with van der Waals surface area (Å²) in [5.41, 5.74) is 0.665. The van der Waals surface area contributed by atoms with Gasteiger partial charge >= 0.3 is 0 Å². The zero-order valence-corrected chi connectivity index (χ0v) is 24.9. The molecule has 1 atom stereocenters. The highest BCUT2D eigenvalue weighted by atomic mass is 79.9. The SMILES string of the molecule is C[C@@H](C(=O)NC(C)(C)C)N(Cc1ccc(Br)cc1)C(=O)CCCN(c1cc(Cl)ccc1Cl)S(C)(=O)=O. The lowest BCUT2D eigenvalue weighted by atomic mass is 10.1. The minimum atomic E-state index is -3.68. The Kier molecular flexibility index (Phi) is 10.7. The summed E-state index contributed by atoms with van der Waals surface area (Å²) in [5, 5.41) is 3.50. The van der Waals surface area contributed by atoms with Crippen LogP contribution in [0, 0.1) is 0 Å². The van der Waals surface area contributed by atoms with Crippen LogP contribution in [0.1, 0.15) is 46.1 Å². The number of hydrogen-bond acceptors (Lipinski definition) is 4. The number of rotatable bonds is 10. The van der Waals surface area contributed by atoms with Crippen molar-refractivity contribution in [1.29, 1.82) is 0 Å². The minimum Gasteiger partial charge on any atom is -0.350 e. The molecular weight excluding hydrogens is 589 g/mol. The number of benzene rings is 2. The molecule has 7 nitrogen and oxygen atoms in total. The van der Waals surface area contributed by atoms with Crippen LogP contribution in [0.2, 0.25) is 10.0 Å². The highest BCUT2D eigenvalue weighted by molar-refractivity contribution is 9.10. The van der Waals surface area contributed by atoms with Gasteiger partial charge in [-0.15, -0.1) is 0 Å². The Morgan fingerprint density at radius 2 is 1.69 bits per heavy atom. The van der Waals surface area contributed by atoms with Gasteiger partial charge < -0.3 is 10.2 Å². The van der Waals surface area contributed by atoms with Crippen LogP contribution in [-0.2, 0) is 26.2 Å². The Labute approximate surface area is 232 Å². The number of carbonyl (C=O) groups is 2. The molecule has 36 heavy (non-hydrogen) atoms. The average molecular weight is 621 g/mol. The third-order valence-corrected chi connectivity index (χ3v) is 7.52. The fraction of sp³-hybridized carbons (Fsp3) is 0.440. The summed E-state index contributed by atoms with van der Waals surface area (Å²) in [6, 6.07) is 11.4. The molecule has 1 N–H and O–H groups in total. The fourth-order valence-corrected chi connectivity index (χ4v) is 5.17. The molecular formula is C25H32BrCl2N3O4S. The number of amides is 2. The number of anilines is 1. The van der Waals surface area contributed by atoms with Crippen LogP contribution >= 0.6 is 39.1 Å². The number of nitrogens with one attached hydrogen (secondary N) is 1. The first-order valence-electron chi connectivity index (χ1n) is 11.4. The Balaban J connectivity index is 2.22. The van der Waals surface area contributed by atoms with E-state index in [1.54, 1.807) is 13.0 Å². The molecule has 2 aromatic carbocycles. The van der Waals surface area contributed by atoms with Crippen LogP contribution in [0.3, 0.4) is 0 Å². The first kappa shape index (κ1) is 30.4. The highest BCUT2D eigenvalue weighted by Gasteiger charge is 2.29. The van der Waals surface area contributed by atoms with E-state index in [1.807, 2.05) is 45.0 Å². The second-order valence-corrected chi connectivity index (χ2v) is 13.3. The molecule has 0 saturated heterocycles. The highest BCUT2D eigenvalue weighted by Crippen LogP contribution is 2.31. The summed E-state index contributed by atoms with van der Waals surface area (Å²) in [6.07, 6.45) is 1.33. The lowest BCUT2D eigenvalue weighted by molar-refractivity contribution is -0.141. The van der Waals surface area contributed by atoms with E-state index in [9.17, 15) is 18.0 Å². The third-order valence-electron chi connectivity index (χ3n) is 5.26. The Bertz CT molecular complexity index is 1180. The van der Waals surface area contributed by atoms with Gasteiger partial charge in [-0.25, -0.2) is 8.42 Å². The fourth-order valence-electron chi connectivity index (χ4n) is 3.50. The molecule has 0 bridgehead atoms. The Hall–Kier alpha value is -1.81. The summed E-state index contributed by atoms with van der Waals surface area (Å²) in [4.78, 5) is 27.7. The summed E-state index contributed by atoms with van der Waals surface area (Å²) < 4.78 is 27.0. The molecule has 2 amide bonds. The molecule has 0 fully saturated rings. The smallest absolute Gasteiger partial charge is 0.242 e. The maximum Gasteiger partial charge on any atom is 0.242 e. The van der Waals surface area contributed by atoms with Gasteiger partial charge in [0.05, 0.1) is 17.0 Å². The van der Waals surface area contributed by atoms with E-state index < -0.39 is 21.6 Å². The van der Waals surface area contributed by atoms with Gasteiger partial charge in [0.15, 0.2) is 0 Å². The van der Waals surface area contributed by atoms with Crippen molar-refractivity contribution in [2.75, 3.05) is 17.1 Å². The first-order chi connectivity index (χ1) is 16.6. The third kappa shape index (κ3) is 9.25. The number of sulfonamides is 1. The van der Waals surface area contributed by atoms with Crippen molar-refractivity contribution in [3.63, 3.8) is 0 Å². The lowest BCUT2D eigenvalue weighted by Gasteiger charge is -2.32. The van der Waals surface area contributed by atoms with E-state index in [2.05, 4.69) is 21.2 Å². The van der Waals surface area contributed by atoms with Crippen LogP contribution in [-0.4, -0.2) is 49.5 Å². The molecule has 0 aromatic heterocycles. The molecule has 0 heterocycles. The summed E-state index contributed by atoms with van der Waals surface area (Å²) >= 11 is 15.7. The topological polar surface area (TPSA) is 86.8 Å². The van der Waals surface area contributed by atoms with Crippen LogP contribution in [0.15, 0.2) is 46.9 Å². The van der Waals surface area contributed by atoms with Gasteiger partial charge in [0, 0.05) is 34.5 Å². The summed E-state index contributed by atoms with van der Waals surface area (Å²) in [5.74, 6) is -0.531. The van der Waals surface area contributed by atoms with Gasteiger partial charge in [0.2, 0.25) is 21.8 Å². The molecule has 0 aliphatic heterocycles. The summed E-state index contributed by atoms with van der Waals surface area (Å²) in [7, 11) is -3.68. The quantitative estimate of drug-likeness (QED) is 0.373. The van der Waals surface area contributed by atoms with Crippen LogP contribution in [0.4, 0.5) is 5.69 Å². The number of hydrogen-bond donors (Lipinski definition) is 1. The minimum absolute atomic E-state index is 0.0271. The van der Waals surface area contributed by atoms with Gasteiger partial charge in [-0.1, -0.05) is 51.3 Å². The molecule has 0 aliphatic carbocycles. The van der Waals surface area contributed by atoms with Crippen molar-refractivity contribution in [2.45, 2.75) is 58.7 Å². The zero-order valence-electron chi connectivity index (χ0n) is 21.0. The van der Waals surface area contributed by atoms with Crippen LogP contribution < -0.4 is 9.62 Å². The standard InChI is InChI=1S/C25H32BrCl2N3O4S/c1-17(24(33)29-25(2,3)4)30(16-18-8-10-19(26)11-9-18)23(32)7-6-14-31(36(5,34)35)22-15-20(27)12-13-21(22)28/h8-13,15,17H,6-7,14,16H2,1-5H3,(H,29,33)/t17-/m0/s1. The summed E-state index contributed by atoms with van der Waals surface area (Å²) in [6.45, 7) is 7.57. The van der Waals surface area contributed by atoms with Crippen molar-refractivity contribution >= 4 is 66.7 Å². The van der Waals surface area contributed by atoms with Crippen molar-refractivity contribution < 1.29 is 18.0 Å². The van der Waals surface area contributed by atoms with Gasteiger partial charge in [-0.3, -0.25) is 13.9 Å². The zero-order chi connectivity index (χ0) is 27.3. The molecule has 0 unspecified atom stereocenters. The lowest BCUT2D eigenvalue weighted by Crippen LogP contribution is -2.52. The predicted molar refractivity (Wildman–Crippen MR) is 150 cm³/mol. The van der Waals surface area contributed by atoms with E-state index in [1.165, 1.54) is 17.0 Å². The number of nitrogens with zero attached hydrogens (tertiary/aromatic N) is 2. The van der Waals surface area contributed by atoms with Gasteiger partial charge in [-0.2, -0.15) is 0 Å². The normalized spacial score (nSPS) is 12.7. The average Bonchev–Trinajstić information content (AvgIpc) is 2.75. The van der Waals surface area contributed by atoms with Crippen molar-refractivity contribution in [3.8, 4) is 0 Å². The molecule has 0 saturated carbocycles. The molecule has 2 rings (SSSR count). The van der Waals surface area contributed by atoms with E-state index >= 15 is 0 Å². The number of halogens is 3. The Morgan fingerprint density at radius 3 is 2.25 bits per heavy atom. The predicted octanol–water partition coefficient (Wildman–Crippen LogP) is 5.63. The molecule has 0 spiro atoms. The molecule has 11 heteroatoms. The van der Waals surface area contributed by atoms with Crippen molar-refractivity contribution in [3.05, 3.63) is 62.5 Å². The van der Waals surface area contributed by atoms with Crippen molar-refractivity contribution in [1.82, 2.24) is 10.2 Å². The van der Waals surface area contributed by atoms with Crippen LogP contribution in [0.5, 0.6) is 0 Å². The van der Waals surface area contributed by atoms with Gasteiger partial charge in [0.25, 0.3) is 0 Å². The second kappa shape index (κ2) is 12.6. The monoisotopic (exact) mass is 619 g/mol. The maximum absolute atomic E-state index is 13.3. The van der Waals surface area contributed by atoms with E-state index in [0.29, 0.717) is 5.02 Å². The second-order valence-electron chi connectivity index (χ2n) is 9.60. The van der Waals surface area contributed by atoms with E-state index in [4.69, 9.17) is 23.2 Å².